The van der Waals surface area contributed by atoms with E-state index in [2.05, 4.69) is 15.0 Å². The van der Waals surface area contributed by atoms with E-state index in [1.807, 2.05) is 6.92 Å². The summed E-state index contributed by atoms with van der Waals surface area (Å²) < 4.78 is 26.5. The molecule has 1 heterocycles. The van der Waals surface area contributed by atoms with Crippen molar-refractivity contribution in [3.05, 3.63) is 63.6 Å². The molecule has 0 aliphatic carbocycles. The lowest BCUT2D eigenvalue weighted by Crippen LogP contribution is -2.27. The fourth-order valence-corrected chi connectivity index (χ4v) is 4.26. The number of nitrogens with zero attached hydrogens (tertiary/aromatic N) is 1. The van der Waals surface area contributed by atoms with Gasteiger partial charge in [0.15, 0.2) is 0 Å². The largest absolute Gasteiger partial charge is 0.350 e. The molecule has 0 spiro atoms. The Morgan fingerprint density at radius 2 is 1.93 bits per heavy atom. The number of amidine groups is 1. The van der Waals surface area contributed by atoms with Gasteiger partial charge in [-0.2, -0.15) is 0 Å². The van der Waals surface area contributed by atoms with Crippen LogP contribution in [0.25, 0.3) is 0 Å². The fraction of sp³-hybridized carbons (Fsp3) is 0.222. The van der Waals surface area contributed by atoms with Crippen molar-refractivity contribution in [3.63, 3.8) is 0 Å². The molecule has 142 valence electrons. The van der Waals surface area contributed by atoms with Crippen molar-refractivity contribution in [2.45, 2.75) is 24.3 Å². The van der Waals surface area contributed by atoms with E-state index in [4.69, 9.17) is 23.2 Å². The van der Waals surface area contributed by atoms with Crippen LogP contribution in [0.5, 0.6) is 0 Å². The minimum atomic E-state index is -3.57. The number of aliphatic imine (C=N–C) groups is 1. The quantitative estimate of drug-likeness (QED) is 0.769. The second-order valence-corrected chi connectivity index (χ2v) is 8.51. The summed E-state index contributed by atoms with van der Waals surface area (Å²) in [5.41, 5.74) is 1.35. The van der Waals surface area contributed by atoms with Gasteiger partial charge < -0.3 is 5.32 Å². The van der Waals surface area contributed by atoms with Crippen LogP contribution in [0.1, 0.15) is 30.5 Å². The highest BCUT2D eigenvalue weighted by Gasteiger charge is 2.29. The van der Waals surface area contributed by atoms with Crippen molar-refractivity contribution in [2.24, 2.45) is 4.99 Å². The summed E-state index contributed by atoms with van der Waals surface area (Å²) in [5, 5.41) is 3.73. The molecule has 1 amide bonds. The number of fused-ring (bicyclic) bond motifs is 1. The number of amides is 1. The molecule has 2 aromatic rings. The van der Waals surface area contributed by atoms with Crippen LogP contribution in [-0.4, -0.2) is 26.7 Å². The second-order valence-electron chi connectivity index (χ2n) is 6.04. The van der Waals surface area contributed by atoms with Crippen molar-refractivity contribution in [2.75, 3.05) is 6.54 Å². The third-order valence-electron chi connectivity index (χ3n) is 4.09. The van der Waals surface area contributed by atoms with Crippen LogP contribution in [0.15, 0.2) is 52.4 Å². The molecule has 1 aliphatic heterocycles. The molecule has 1 atom stereocenters. The van der Waals surface area contributed by atoms with E-state index >= 15 is 0 Å². The number of hydrogen-bond donors (Lipinski definition) is 2. The van der Waals surface area contributed by atoms with Gasteiger partial charge in [0, 0.05) is 12.0 Å². The Kier molecular flexibility index (Phi) is 5.74. The highest BCUT2D eigenvalue weighted by Crippen LogP contribution is 2.25. The first kappa shape index (κ1) is 19.7. The van der Waals surface area contributed by atoms with Crippen LogP contribution in [0.3, 0.4) is 0 Å². The molecule has 0 unspecified atom stereocenters. The van der Waals surface area contributed by atoms with Gasteiger partial charge in [-0.15, -0.1) is 0 Å². The van der Waals surface area contributed by atoms with Gasteiger partial charge in [-0.25, -0.2) is 8.42 Å². The zero-order valence-electron chi connectivity index (χ0n) is 14.4. The van der Waals surface area contributed by atoms with Crippen LogP contribution in [-0.2, 0) is 14.8 Å². The van der Waals surface area contributed by atoms with Crippen LogP contribution < -0.4 is 10.0 Å². The van der Waals surface area contributed by atoms with Gasteiger partial charge in [-0.3, -0.25) is 14.5 Å². The molecule has 2 N–H and O–H groups in total. The molecule has 0 bridgehead atoms. The molecule has 1 aliphatic rings. The van der Waals surface area contributed by atoms with E-state index in [1.54, 1.807) is 36.4 Å². The maximum absolute atomic E-state index is 12.1. The molecular formula is C18H17Cl2N3O3S. The van der Waals surface area contributed by atoms with Gasteiger partial charge in [0.1, 0.15) is 5.84 Å². The van der Waals surface area contributed by atoms with E-state index in [0.29, 0.717) is 15.6 Å². The summed E-state index contributed by atoms with van der Waals surface area (Å²) >= 11 is 11.9. The van der Waals surface area contributed by atoms with E-state index in [0.717, 1.165) is 5.56 Å². The number of nitrogens with one attached hydrogen (secondary N) is 2. The van der Waals surface area contributed by atoms with Gasteiger partial charge in [0.25, 0.3) is 10.0 Å². The van der Waals surface area contributed by atoms with Crippen LogP contribution >= 0.6 is 23.2 Å². The van der Waals surface area contributed by atoms with Crippen molar-refractivity contribution >= 4 is 45.0 Å². The number of carbonyl (C=O) groups is 1. The van der Waals surface area contributed by atoms with Crippen LogP contribution in [0, 0.1) is 0 Å². The lowest BCUT2D eigenvalue weighted by molar-refractivity contribution is -0.121. The van der Waals surface area contributed by atoms with Gasteiger partial charge in [0.05, 0.1) is 27.5 Å². The van der Waals surface area contributed by atoms with Crippen LogP contribution in [0.4, 0.5) is 0 Å². The van der Waals surface area contributed by atoms with E-state index in [1.165, 1.54) is 6.07 Å². The number of hydrogen-bond acceptors (Lipinski definition) is 4. The highest BCUT2D eigenvalue weighted by molar-refractivity contribution is 7.90. The summed E-state index contributed by atoms with van der Waals surface area (Å²) in [5.74, 6) is 0.0583. The summed E-state index contributed by atoms with van der Waals surface area (Å²) in [4.78, 5) is 16.6. The molecule has 0 aromatic heterocycles. The second kappa shape index (κ2) is 7.88. The maximum atomic E-state index is 12.1. The normalized spacial score (nSPS) is 17.2. The number of carbonyl (C=O) groups excluding carboxylic acids is 1. The van der Waals surface area contributed by atoms with Crippen molar-refractivity contribution in [3.8, 4) is 0 Å². The topological polar surface area (TPSA) is 87.6 Å². The van der Waals surface area contributed by atoms with Gasteiger partial charge in [-0.1, -0.05) is 41.4 Å². The van der Waals surface area contributed by atoms with Crippen molar-refractivity contribution in [1.29, 1.82) is 0 Å². The Hall–Kier alpha value is -2.09. The van der Waals surface area contributed by atoms with E-state index < -0.39 is 10.0 Å². The summed E-state index contributed by atoms with van der Waals surface area (Å²) in [6, 6.07) is 11.5. The Bertz CT molecular complexity index is 1020. The lowest BCUT2D eigenvalue weighted by atomic mass is 10.1. The van der Waals surface area contributed by atoms with Gasteiger partial charge >= 0.3 is 0 Å². The van der Waals surface area contributed by atoms with E-state index in [-0.39, 0.29) is 35.6 Å². The summed E-state index contributed by atoms with van der Waals surface area (Å²) in [6.45, 7) is 2.00. The fourth-order valence-electron chi connectivity index (χ4n) is 2.70. The monoisotopic (exact) mass is 425 g/mol. The van der Waals surface area contributed by atoms with Crippen LogP contribution in [0.2, 0.25) is 10.0 Å². The molecule has 6 nitrogen and oxygen atoms in total. The zero-order chi connectivity index (χ0) is 19.6. The zero-order valence-corrected chi connectivity index (χ0v) is 16.7. The Morgan fingerprint density at radius 3 is 2.67 bits per heavy atom. The minimum Gasteiger partial charge on any atom is -0.350 e. The Labute approximate surface area is 167 Å². The molecule has 0 saturated heterocycles. The molecule has 9 heteroatoms. The number of halogens is 2. The number of benzene rings is 2. The average molecular weight is 426 g/mol. The van der Waals surface area contributed by atoms with Crippen molar-refractivity contribution in [1.82, 2.24) is 10.0 Å². The molecule has 0 radical (unpaired) electrons. The van der Waals surface area contributed by atoms with Gasteiger partial charge in [-0.05, 0) is 36.8 Å². The first-order valence-corrected chi connectivity index (χ1v) is 10.4. The lowest BCUT2D eigenvalue weighted by Gasteiger charge is -2.14. The SMILES string of the molecule is C[C@H](NC(=O)CCN=C1NS(=O)(=O)c2ccccc21)c1ccc(Cl)c(Cl)c1. The number of sulfonamides is 1. The minimum absolute atomic E-state index is 0.124. The third-order valence-corrected chi connectivity index (χ3v) is 6.23. The third kappa shape index (κ3) is 4.43. The smallest absolute Gasteiger partial charge is 0.263 e. The summed E-state index contributed by atoms with van der Waals surface area (Å²) in [6.07, 6.45) is 0.124. The number of rotatable bonds is 5. The molecule has 2 aromatic carbocycles. The molecule has 27 heavy (non-hydrogen) atoms. The first-order valence-electron chi connectivity index (χ1n) is 8.19. The predicted molar refractivity (Wildman–Crippen MR) is 106 cm³/mol. The van der Waals surface area contributed by atoms with Gasteiger partial charge in [0.2, 0.25) is 5.91 Å². The summed E-state index contributed by atoms with van der Waals surface area (Å²) in [7, 11) is -3.57. The first-order chi connectivity index (χ1) is 12.8. The molecular weight excluding hydrogens is 409 g/mol. The van der Waals surface area contributed by atoms with E-state index in [9.17, 15) is 13.2 Å². The molecule has 0 saturated carbocycles. The highest BCUT2D eigenvalue weighted by atomic mass is 35.5. The van der Waals surface area contributed by atoms with Crippen molar-refractivity contribution < 1.29 is 13.2 Å². The average Bonchev–Trinajstić information content (AvgIpc) is 2.88. The molecule has 3 rings (SSSR count). The maximum Gasteiger partial charge on any atom is 0.263 e. The standard InChI is InChI=1S/C18H17Cl2N3O3S/c1-11(12-6-7-14(19)15(20)10-12)22-17(24)8-9-21-18-13-4-2-3-5-16(13)27(25,26)23-18/h2-7,10-11H,8-9H2,1H3,(H,21,23)(H,22,24)/t11-/m0/s1. The Balaban J connectivity index is 1.60. The molecule has 0 fully saturated rings. The Morgan fingerprint density at radius 1 is 1.19 bits per heavy atom. The predicted octanol–water partition coefficient (Wildman–Crippen LogP) is 3.30.